The van der Waals surface area contributed by atoms with Gasteiger partial charge in [0.05, 0.1) is 0 Å². The number of aryl methyl sites for hydroxylation is 1. The molecule has 1 aromatic heterocycles. The molecule has 0 saturated heterocycles. The first-order valence-corrected chi connectivity index (χ1v) is 6.93. The Labute approximate surface area is 103 Å². The van der Waals surface area contributed by atoms with Gasteiger partial charge in [0.1, 0.15) is 0 Å². The Morgan fingerprint density at radius 3 is 2.65 bits per heavy atom. The highest BCUT2D eigenvalue weighted by molar-refractivity contribution is 5.98. The van der Waals surface area contributed by atoms with Gasteiger partial charge in [0.15, 0.2) is 5.78 Å². The van der Waals surface area contributed by atoms with Gasteiger partial charge in [-0.15, -0.1) is 0 Å². The zero-order chi connectivity index (χ0) is 12.0. The summed E-state index contributed by atoms with van der Waals surface area (Å²) in [6.45, 7) is 4.46. The predicted octanol–water partition coefficient (Wildman–Crippen LogP) is 3.60. The molecule has 1 aromatic rings. The minimum atomic E-state index is 0.343. The van der Waals surface area contributed by atoms with Crippen molar-refractivity contribution in [2.75, 3.05) is 0 Å². The summed E-state index contributed by atoms with van der Waals surface area (Å²) in [6.07, 6.45) is 8.00. The van der Waals surface area contributed by atoms with Crippen molar-refractivity contribution in [1.82, 2.24) is 4.57 Å². The molecule has 0 amide bonds. The van der Waals surface area contributed by atoms with Crippen molar-refractivity contribution in [3.05, 3.63) is 23.0 Å². The normalized spacial score (nSPS) is 22.1. The fourth-order valence-corrected chi connectivity index (χ4v) is 3.71. The Bertz CT molecular complexity index is 460. The number of hydrogen-bond donors (Lipinski definition) is 0. The number of aromatic nitrogens is 1. The van der Waals surface area contributed by atoms with Gasteiger partial charge in [0.25, 0.3) is 0 Å². The highest BCUT2D eigenvalue weighted by Gasteiger charge is 2.40. The van der Waals surface area contributed by atoms with Crippen molar-refractivity contribution in [1.29, 1.82) is 0 Å². The van der Waals surface area contributed by atoms with Crippen LogP contribution in [0.25, 0.3) is 0 Å². The number of carbonyl (C=O) groups is 1. The summed E-state index contributed by atoms with van der Waals surface area (Å²) in [5.41, 5.74) is 4.00. The van der Waals surface area contributed by atoms with Crippen molar-refractivity contribution in [2.24, 2.45) is 0 Å². The lowest BCUT2D eigenvalue weighted by atomic mass is 9.74. The predicted molar refractivity (Wildman–Crippen MR) is 68.6 cm³/mol. The van der Waals surface area contributed by atoms with E-state index in [0.717, 1.165) is 24.8 Å². The third-order valence-corrected chi connectivity index (χ3v) is 4.82. The van der Waals surface area contributed by atoms with Gasteiger partial charge in [-0.05, 0) is 51.5 Å². The summed E-state index contributed by atoms with van der Waals surface area (Å²) >= 11 is 0. The Kier molecular flexibility index (Phi) is 2.42. The summed E-state index contributed by atoms with van der Waals surface area (Å²) < 4.78 is 2.52. The fraction of sp³-hybridized carbons (Fsp3) is 0.667. The number of rotatable bonds is 2. The maximum absolute atomic E-state index is 12.0. The van der Waals surface area contributed by atoms with E-state index >= 15 is 0 Å². The minimum absolute atomic E-state index is 0.343. The Morgan fingerprint density at radius 1 is 1.29 bits per heavy atom. The quantitative estimate of drug-likeness (QED) is 0.762. The zero-order valence-corrected chi connectivity index (χ0v) is 10.9. The van der Waals surface area contributed by atoms with Crippen LogP contribution >= 0.6 is 0 Å². The van der Waals surface area contributed by atoms with E-state index in [-0.39, 0.29) is 0 Å². The van der Waals surface area contributed by atoms with Crippen LogP contribution in [0.2, 0.25) is 0 Å². The zero-order valence-electron chi connectivity index (χ0n) is 10.9. The molecule has 2 aliphatic carbocycles. The van der Waals surface area contributed by atoms with Crippen LogP contribution in [-0.2, 0) is 12.0 Å². The maximum Gasteiger partial charge on any atom is 0.164 e. The van der Waals surface area contributed by atoms with Crippen molar-refractivity contribution in [3.63, 3.8) is 0 Å². The van der Waals surface area contributed by atoms with Gasteiger partial charge in [-0.1, -0.05) is 6.92 Å². The molecular formula is C15H21NO. The number of hydrogen-bond acceptors (Lipinski definition) is 1. The molecule has 0 spiro atoms. The lowest BCUT2D eigenvalue weighted by Crippen LogP contribution is -2.41. The van der Waals surface area contributed by atoms with Crippen LogP contribution in [0.1, 0.15) is 67.2 Å². The van der Waals surface area contributed by atoms with Gasteiger partial charge in [-0.3, -0.25) is 4.79 Å². The van der Waals surface area contributed by atoms with E-state index in [1.54, 1.807) is 0 Å². The van der Waals surface area contributed by atoms with Gasteiger partial charge in [0, 0.05) is 28.9 Å². The number of carbonyl (C=O) groups excluding carboxylic acids is 1. The largest absolute Gasteiger partial charge is 0.342 e. The SMILES string of the molecule is CCC1(n2c(C)cc3c2CCCC3=O)CCC1. The molecule has 0 N–H and O–H groups in total. The number of ketones is 1. The molecule has 17 heavy (non-hydrogen) atoms. The van der Waals surface area contributed by atoms with Crippen LogP contribution in [0.15, 0.2) is 6.07 Å². The molecule has 1 saturated carbocycles. The summed E-state index contributed by atoms with van der Waals surface area (Å²) in [5.74, 6) is 0.360. The van der Waals surface area contributed by atoms with E-state index < -0.39 is 0 Å². The first kappa shape index (κ1) is 11.1. The second-order valence-electron chi connectivity index (χ2n) is 5.69. The first-order chi connectivity index (χ1) is 8.18. The van der Waals surface area contributed by atoms with Crippen LogP contribution in [0.3, 0.4) is 0 Å². The Hall–Kier alpha value is -1.05. The molecule has 0 aliphatic heterocycles. The van der Waals surface area contributed by atoms with Crippen LogP contribution in [-0.4, -0.2) is 10.4 Å². The van der Waals surface area contributed by atoms with Crippen LogP contribution in [0.5, 0.6) is 0 Å². The minimum Gasteiger partial charge on any atom is -0.342 e. The number of nitrogens with zero attached hydrogens (tertiary/aromatic N) is 1. The van der Waals surface area contributed by atoms with E-state index in [1.807, 2.05) is 0 Å². The molecular weight excluding hydrogens is 210 g/mol. The maximum atomic E-state index is 12.0. The number of Topliss-reactive ketones (excluding diaryl/α,β-unsaturated/α-hetero) is 1. The molecule has 0 atom stereocenters. The third-order valence-electron chi connectivity index (χ3n) is 4.82. The summed E-state index contributed by atoms with van der Waals surface area (Å²) in [6, 6.07) is 2.13. The molecule has 1 fully saturated rings. The van der Waals surface area contributed by atoms with Gasteiger partial charge in [0.2, 0.25) is 0 Å². The summed E-state index contributed by atoms with van der Waals surface area (Å²) in [5, 5.41) is 0. The van der Waals surface area contributed by atoms with E-state index in [9.17, 15) is 4.79 Å². The molecule has 2 aliphatic rings. The molecule has 92 valence electrons. The van der Waals surface area contributed by atoms with E-state index in [1.165, 1.54) is 37.1 Å². The molecule has 0 aromatic carbocycles. The highest BCUT2D eigenvalue weighted by atomic mass is 16.1. The highest BCUT2D eigenvalue weighted by Crippen LogP contribution is 2.45. The molecule has 0 bridgehead atoms. The Morgan fingerprint density at radius 2 is 2.06 bits per heavy atom. The number of fused-ring (bicyclic) bond motifs is 1. The molecule has 3 rings (SSSR count). The van der Waals surface area contributed by atoms with Gasteiger partial charge in [-0.25, -0.2) is 0 Å². The first-order valence-electron chi connectivity index (χ1n) is 6.93. The molecule has 0 radical (unpaired) electrons. The molecule has 2 nitrogen and oxygen atoms in total. The monoisotopic (exact) mass is 231 g/mol. The van der Waals surface area contributed by atoms with Crippen molar-refractivity contribution >= 4 is 5.78 Å². The van der Waals surface area contributed by atoms with Gasteiger partial charge < -0.3 is 4.57 Å². The van der Waals surface area contributed by atoms with E-state index in [2.05, 4.69) is 24.5 Å². The van der Waals surface area contributed by atoms with Crippen molar-refractivity contribution < 1.29 is 4.79 Å². The van der Waals surface area contributed by atoms with Crippen molar-refractivity contribution in [2.45, 2.75) is 64.3 Å². The smallest absolute Gasteiger partial charge is 0.164 e. The summed E-state index contributed by atoms with van der Waals surface area (Å²) in [4.78, 5) is 12.0. The van der Waals surface area contributed by atoms with Crippen molar-refractivity contribution in [3.8, 4) is 0 Å². The average molecular weight is 231 g/mol. The molecule has 2 heteroatoms. The van der Waals surface area contributed by atoms with E-state index in [0.29, 0.717) is 11.3 Å². The molecule has 1 heterocycles. The van der Waals surface area contributed by atoms with Crippen LogP contribution < -0.4 is 0 Å². The van der Waals surface area contributed by atoms with Crippen LogP contribution in [0, 0.1) is 6.92 Å². The fourth-order valence-electron chi connectivity index (χ4n) is 3.71. The Balaban J connectivity index is 2.14. The third kappa shape index (κ3) is 1.42. The second kappa shape index (κ2) is 3.72. The lowest BCUT2D eigenvalue weighted by Gasteiger charge is -2.45. The van der Waals surface area contributed by atoms with E-state index in [4.69, 9.17) is 0 Å². The van der Waals surface area contributed by atoms with Gasteiger partial charge >= 0.3 is 0 Å². The average Bonchev–Trinajstić information content (AvgIpc) is 2.58. The second-order valence-corrected chi connectivity index (χ2v) is 5.69. The molecule has 0 unspecified atom stereocenters. The lowest BCUT2D eigenvalue weighted by molar-refractivity contribution is 0.0964. The summed E-state index contributed by atoms with van der Waals surface area (Å²) in [7, 11) is 0. The standard InChI is InChI=1S/C15H21NO/c1-3-15(8-5-9-15)16-11(2)10-12-13(16)6-4-7-14(12)17/h10H,3-9H2,1-2H3. The van der Waals surface area contributed by atoms with Crippen LogP contribution in [0.4, 0.5) is 0 Å². The topological polar surface area (TPSA) is 22.0 Å². The van der Waals surface area contributed by atoms with Gasteiger partial charge in [-0.2, -0.15) is 0 Å².